The number of nitrogens with one attached hydrogen (secondary N) is 1. The van der Waals surface area contributed by atoms with Gasteiger partial charge in [0, 0.05) is 37.0 Å². The lowest BCUT2D eigenvalue weighted by atomic mass is 9.97. The van der Waals surface area contributed by atoms with Crippen molar-refractivity contribution in [2.24, 2.45) is 7.05 Å². The molecule has 0 saturated carbocycles. The molecule has 2 aromatic heterocycles. The van der Waals surface area contributed by atoms with Crippen LogP contribution >= 0.6 is 0 Å². The second-order valence-corrected chi connectivity index (χ2v) is 5.13. The molecule has 0 aromatic carbocycles. The summed E-state index contributed by atoms with van der Waals surface area (Å²) in [6.45, 7) is 1.68. The summed E-state index contributed by atoms with van der Waals surface area (Å²) in [4.78, 5) is 19.4. The van der Waals surface area contributed by atoms with Crippen LogP contribution in [0.3, 0.4) is 0 Å². The van der Waals surface area contributed by atoms with Gasteiger partial charge in [0.05, 0.1) is 6.42 Å². The number of hydrogen-bond acceptors (Lipinski definition) is 4. The van der Waals surface area contributed by atoms with Crippen LogP contribution in [0.4, 0.5) is 18.9 Å². The Morgan fingerprint density at radius 3 is 2.57 bits per heavy atom. The van der Waals surface area contributed by atoms with Crippen LogP contribution in [0.5, 0.6) is 0 Å². The Bertz CT molecular complexity index is 714. The smallest absolute Gasteiger partial charge is 0.374 e. The average molecular weight is 328 g/mol. The predicted octanol–water partition coefficient (Wildman–Crippen LogP) is 1.90. The third-order valence-electron chi connectivity index (χ3n) is 3.26. The standard InChI is InChI=1S/C14H15F3N4O2/c1-9-7-10(3-4-18-9)20-11(22)8-13(23,14(15,16)17)12-19-5-6-21(12)2/h3-7,23H,8H2,1-2H3,(H,18,20,22). The zero-order valence-corrected chi connectivity index (χ0v) is 12.4. The van der Waals surface area contributed by atoms with E-state index in [-0.39, 0.29) is 0 Å². The Kier molecular flexibility index (Phi) is 4.42. The molecule has 0 radical (unpaired) electrons. The minimum absolute atomic E-state index is 0.298. The van der Waals surface area contributed by atoms with Gasteiger partial charge in [-0.1, -0.05) is 0 Å². The molecule has 1 amide bonds. The van der Waals surface area contributed by atoms with Crippen molar-refractivity contribution in [2.75, 3.05) is 5.32 Å². The molecule has 0 aliphatic heterocycles. The molecule has 9 heteroatoms. The van der Waals surface area contributed by atoms with Gasteiger partial charge in [0.15, 0.2) is 5.82 Å². The van der Waals surface area contributed by atoms with E-state index >= 15 is 0 Å². The summed E-state index contributed by atoms with van der Waals surface area (Å²) in [6.07, 6.45) is -2.47. The molecule has 6 nitrogen and oxygen atoms in total. The fourth-order valence-corrected chi connectivity index (χ4v) is 2.13. The number of pyridine rings is 1. The third-order valence-corrected chi connectivity index (χ3v) is 3.26. The van der Waals surface area contributed by atoms with Gasteiger partial charge in [-0.05, 0) is 19.1 Å². The molecule has 2 aromatic rings. The Morgan fingerprint density at radius 1 is 1.35 bits per heavy atom. The van der Waals surface area contributed by atoms with Crippen LogP contribution in [0.15, 0.2) is 30.7 Å². The summed E-state index contributed by atoms with van der Waals surface area (Å²) in [5.74, 6) is -1.63. The second-order valence-electron chi connectivity index (χ2n) is 5.13. The number of imidazole rings is 1. The topological polar surface area (TPSA) is 80.0 Å². The SMILES string of the molecule is Cc1cc(NC(=O)CC(O)(c2nccn2C)C(F)(F)F)ccn1. The van der Waals surface area contributed by atoms with Crippen molar-refractivity contribution in [2.45, 2.75) is 25.1 Å². The number of halogens is 3. The van der Waals surface area contributed by atoms with E-state index in [0.29, 0.717) is 11.4 Å². The van der Waals surface area contributed by atoms with E-state index in [2.05, 4.69) is 15.3 Å². The number of amides is 1. The summed E-state index contributed by atoms with van der Waals surface area (Å²) in [5, 5.41) is 12.4. The van der Waals surface area contributed by atoms with Crippen LogP contribution in [-0.4, -0.2) is 31.7 Å². The van der Waals surface area contributed by atoms with Crippen molar-refractivity contribution >= 4 is 11.6 Å². The van der Waals surface area contributed by atoms with Gasteiger partial charge in [-0.25, -0.2) is 4.98 Å². The molecule has 0 aliphatic rings. The molecule has 2 heterocycles. The Balaban J connectivity index is 2.25. The lowest BCUT2D eigenvalue weighted by Crippen LogP contribution is -2.46. The van der Waals surface area contributed by atoms with Crippen molar-refractivity contribution in [3.05, 3.63) is 42.2 Å². The van der Waals surface area contributed by atoms with Crippen molar-refractivity contribution in [3.8, 4) is 0 Å². The number of aliphatic hydroxyl groups is 1. The number of aryl methyl sites for hydroxylation is 2. The van der Waals surface area contributed by atoms with Crippen LogP contribution in [-0.2, 0) is 17.4 Å². The first-order chi connectivity index (χ1) is 10.6. The van der Waals surface area contributed by atoms with E-state index in [0.717, 1.165) is 10.8 Å². The van der Waals surface area contributed by atoms with Gasteiger partial charge in [-0.3, -0.25) is 9.78 Å². The third kappa shape index (κ3) is 3.50. The Labute approximate surface area is 130 Å². The highest BCUT2D eigenvalue weighted by Gasteiger charge is 2.58. The van der Waals surface area contributed by atoms with Crippen LogP contribution in [0.25, 0.3) is 0 Å². The highest BCUT2D eigenvalue weighted by Crippen LogP contribution is 2.40. The summed E-state index contributed by atoms with van der Waals surface area (Å²) in [5.41, 5.74) is -2.48. The molecule has 2 N–H and O–H groups in total. The minimum atomic E-state index is -5.06. The van der Waals surface area contributed by atoms with E-state index in [1.165, 1.54) is 31.6 Å². The largest absolute Gasteiger partial charge is 0.425 e. The maximum Gasteiger partial charge on any atom is 0.425 e. The average Bonchev–Trinajstić information content (AvgIpc) is 2.83. The fraction of sp³-hybridized carbons (Fsp3) is 0.357. The number of aromatic nitrogens is 3. The van der Waals surface area contributed by atoms with Gasteiger partial charge in [0.1, 0.15) is 0 Å². The normalized spacial score (nSPS) is 14.3. The van der Waals surface area contributed by atoms with Gasteiger partial charge < -0.3 is 15.0 Å². The summed E-state index contributed by atoms with van der Waals surface area (Å²) in [7, 11) is 1.31. The molecule has 0 fully saturated rings. The molecule has 2 rings (SSSR count). The van der Waals surface area contributed by atoms with Crippen molar-refractivity contribution in [1.82, 2.24) is 14.5 Å². The van der Waals surface area contributed by atoms with Crippen LogP contribution in [0.1, 0.15) is 17.9 Å². The monoisotopic (exact) mass is 328 g/mol. The van der Waals surface area contributed by atoms with Gasteiger partial charge in [-0.15, -0.1) is 0 Å². The van der Waals surface area contributed by atoms with Crippen molar-refractivity contribution < 1.29 is 23.1 Å². The highest BCUT2D eigenvalue weighted by molar-refractivity contribution is 5.91. The fourth-order valence-electron chi connectivity index (χ4n) is 2.13. The number of carbonyl (C=O) groups is 1. The van der Waals surface area contributed by atoms with Crippen LogP contribution in [0, 0.1) is 6.92 Å². The lowest BCUT2D eigenvalue weighted by Gasteiger charge is -2.29. The second kappa shape index (κ2) is 5.99. The van der Waals surface area contributed by atoms with E-state index in [1.807, 2.05) is 0 Å². The number of carbonyl (C=O) groups excluding carboxylic acids is 1. The number of nitrogens with zero attached hydrogens (tertiary/aromatic N) is 3. The molecule has 23 heavy (non-hydrogen) atoms. The maximum absolute atomic E-state index is 13.3. The maximum atomic E-state index is 13.3. The molecular formula is C14H15F3N4O2. The van der Waals surface area contributed by atoms with Gasteiger partial charge >= 0.3 is 6.18 Å². The van der Waals surface area contributed by atoms with E-state index < -0.39 is 29.9 Å². The number of alkyl halides is 3. The number of hydrogen-bond donors (Lipinski definition) is 2. The zero-order chi connectivity index (χ0) is 17.3. The molecule has 0 aliphatic carbocycles. The molecule has 0 bridgehead atoms. The van der Waals surface area contributed by atoms with Gasteiger partial charge in [0.2, 0.25) is 11.5 Å². The van der Waals surface area contributed by atoms with Gasteiger partial charge in [0.25, 0.3) is 0 Å². The summed E-state index contributed by atoms with van der Waals surface area (Å²) in [6, 6.07) is 2.95. The molecule has 1 atom stereocenters. The molecule has 124 valence electrons. The predicted molar refractivity (Wildman–Crippen MR) is 75.4 cm³/mol. The van der Waals surface area contributed by atoms with Crippen molar-refractivity contribution in [3.63, 3.8) is 0 Å². The summed E-state index contributed by atoms with van der Waals surface area (Å²) >= 11 is 0. The minimum Gasteiger partial charge on any atom is -0.374 e. The van der Waals surface area contributed by atoms with E-state index in [4.69, 9.17) is 0 Å². The van der Waals surface area contributed by atoms with E-state index in [9.17, 15) is 23.1 Å². The van der Waals surface area contributed by atoms with Gasteiger partial charge in [-0.2, -0.15) is 13.2 Å². The Morgan fingerprint density at radius 2 is 2.04 bits per heavy atom. The molecule has 1 unspecified atom stereocenters. The molecule has 0 spiro atoms. The first-order valence-corrected chi connectivity index (χ1v) is 6.63. The summed E-state index contributed by atoms with van der Waals surface area (Å²) < 4.78 is 41.0. The highest BCUT2D eigenvalue weighted by atomic mass is 19.4. The molecule has 0 saturated heterocycles. The number of rotatable bonds is 4. The van der Waals surface area contributed by atoms with E-state index in [1.54, 1.807) is 6.92 Å². The van der Waals surface area contributed by atoms with Crippen molar-refractivity contribution in [1.29, 1.82) is 0 Å². The van der Waals surface area contributed by atoms with Crippen LogP contribution < -0.4 is 5.32 Å². The number of anilines is 1. The molecular weight excluding hydrogens is 313 g/mol. The first kappa shape index (κ1) is 16.9. The Hall–Kier alpha value is -2.42. The lowest BCUT2D eigenvalue weighted by molar-refractivity contribution is -0.270. The van der Waals surface area contributed by atoms with Crippen LogP contribution in [0.2, 0.25) is 0 Å². The zero-order valence-electron chi connectivity index (χ0n) is 12.4. The quantitative estimate of drug-likeness (QED) is 0.898. The first-order valence-electron chi connectivity index (χ1n) is 6.63.